The number of likely N-dealkylation sites (tertiary alicyclic amines) is 1. The molecule has 2 heterocycles. The molecule has 1 aromatic heterocycles. The van der Waals surface area contributed by atoms with Gasteiger partial charge in [-0.25, -0.2) is 0 Å². The fourth-order valence-electron chi connectivity index (χ4n) is 2.68. The average molecular weight is 247 g/mol. The van der Waals surface area contributed by atoms with E-state index in [0.717, 1.165) is 0 Å². The lowest BCUT2D eigenvalue weighted by atomic mass is 10.0. The smallest absolute Gasteiger partial charge is 0.0295 e. The standard InChI is InChI=1S/C15H25N3/c1-12(2)18-10-6-15(7-11-18)17-13(3)14-4-8-16-9-5-14/h4-5,8-9,12-13,15,17H,6-7,10-11H2,1-3H3. The molecule has 18 heavy (non-hydrogen) atoms. The largest absolute Gasteiger partial charge is 0.307 e. The van der Waals surface area contributed by atoms with Gasteiger partial charge in [0, 0.05) is 30.5 Å². The van der Waals surface area contributed by atoms with Crippen molar-refractivity contribution in [3.8, 4) is 0 Å². The molecule has 1 aliphatic rings. The molecule has 3 heteroatoms. The molecule has 3 nitrogen and oxygen atoms in total. The monoisotopic (exact) mass is 247 g/mol. The van der Waals surface area contributed by atoms with Crippen LogP contribution in [-0.2, 0) is 0 Å². The van der Waals surface area contributed by atoms with Crippen molar-refractivity contribution < 1.29 is 0 Å². The minimum absolute atomic E-state index is 0.420. The third-order valence-electron chi connectivity index (χ3n) is 3.95. The summed E-state index contributed by atoms with van der Waals surface area (Å²) < 4.78 is 0. The van der Waals surface area contributed by atoms with Crippen LogP contribution >= 0.6 is 0 Å². The van der Waals surface area contributed by atoms with Crippen LogP contribution in [0.25, 0.3) is 0 Å². The SMILES string of the molecule is CC(NC1CCN(C(C)C)CC1)c1ccncc1. The summed E-state index contributed by atoms with van der Waals surface area (Å²) in [7, 11) is 0. The predicted octanol–water partition coefficient (Wildman–Crippen LogP) is 2.61. The highest BCUT2D eigenvalue weighted by Crippen LogP contribution is 2.17. The van der Waals surface area contributed by atoms with Crippen LogP contribution in [0, 0.1) is 0 Å². The summed E-state index contributed by atoms with van der Waals surface area (Å²) in [5, 5.41) is 3.74. The molecule has 0 amide bonds. The van der Waals surface area contributed by atoms with E-state index in [1.165, 1.54) is 31.5 Å². The Hall–Kier alpha value is -0.930. The molecule has 0 aliphatic carbocycles. The van der Waals surface area contributed by atoms with Crippen molar-refractivity contribution in [3.63, 3.8) is 0 Å². The van der Waals surface area contributed by atoms with E-state index in [1.807, 2.05) is 12.4 Å². The van der Waals surface area contributed by atoms with Crippen LogP contribution in [0.5, 0.6) is 0 Å². The van der Waals surface area contributed by atoms with E-state index in [9.17, 15) is 0 Å². The third-order valence-corrected chi connectivity index (χ3v) is 3.95. The molecule has 0 radical (unpaired) electrons. The lowest BCUT2D eigenvalue weighted by molar-refractivity contribution is 0.157. The summed E-state index contributed by atoms with van der Waals surface area (Å²) in [4.78, 5) is 6.63. The minimum atomic E-state index is 0.420. The van der Waals surface area contributed by atoms with E-state index >= 15 is 0 Å². The van der Waals surface area contributed by atoms with Crippen molar-refractivity contribution in [2.24, 2.45) is 0 Å². The highest BCUT2D eigenvalue weighted by Gasteiger charge is 2.21. The number of hydrogen-bond donors (Lipinski definition) is 1. The Morgan fingerprint density at radius 2 is 1.78 bits per heavy atom. The number of piperidine rings is 1. The van der Waals surface area contributed by atoms with Gasteiger partial charge in [-0.1, -0.05) is 0 Å². The molecule has 1 fully saturated rings. The van der Waals surface area contributed by atoms with Gasteiger partial charge in [0.1, 0.15) is 0 Å². The van der Waals surface area contributed by atoms with Gasteiger partial charge >= 0.3 is 0 Å². The van der Waals surface area contributed by atoms with Gasteiger partial charge < -0.3 is 10.2 Å². The first kappa shape index (κ1) is 13.5. The van der Waals surface area contributed by atoms with Crippen LogP contribution in [0.2, 0.25) is 0 Å². The van der Waals surface area contributed by atoms with Crippen LogP contribution in [0.1, 0.15) is 45.2 Å². The number of aromatic nitrogens is 1. The number of rotatable bonds is 4. The van der Waals surface area contributed by atoms with Gasteiger partial charge in [0.2, 0.25) is 0 Å². The number of nitrogens with one attached hydrogen (secondary N) is 1. The van der Waals surface area contributed by atoms with Gasteiger partial charge in [-0.2, -0.15) is 0 Å². The molecular weight excluding hydrogens is 222 g/mol. The maximum Gasteiger partial charge on any atom is 0.0295 e. The van der Waals surface area contributed by atoms with Crippen molar-refractivity contribution in [1.82, 2.24) is 15.2 Å². The summed E-state index contributed by atoms with van der Waals surface area (Å²) in [6, 6.07) is 5.96. The lowest BCUT2D eigenvalue weighted by Gasteiger charge is -2.36. The van der Waals surface area contributed by atoms with Crippen LogP contribution in [0.4, 0.5) is 0 Å². The Kier molecular flexibility index (Phi) is 4.72. The fraction of sp³-hybridized carbons (Fsp3) is 0.667. The Balaban J connectivity index is 1.81. The molecule has 0 spiro atoms. The zero-order chi connectivity index (χ0) is 13.0. The Labute approximate surface area is 111 Å². The molecule has 1 atom stereocenters. The first-order valence-electron chi connectivity index (χ1n) is 7.07. The van der Waals surface area contributed by atoms with Crippen LogP contribution < -0.4 is 5.32 Å². The van der Waals surface area contributed by atoms with Crippen LogP contribution in [0.15, 0.2) is 24.5 Å². The molecule has 0 saturated carbocycles. The second-order valence-corrected chi connectivity index (χ2v) is 5.57. The second kappa shape index (κ2) is 6.30. The van der Waals surface area contributed by atoms with Gasteiger partial charge in [-0.15, -0.1) is 0 Å². The maximum absolute atomic E-state index is 4.07. The zero-order valence-electron chi connectivity index (χ0n) is 11.8. The zero-order valence-corrected chi connectivity index (χ0v) is 11.8. The first-order valence-corrected chi connectivity index (χ1v) is 7.07. The Bertz CT molecular complexity index is 342. The van der Waals surface area contributed by atoms with E-state index in [0.29, 0.717) is 18.1 Å². The van der Waals surface area contributed by atoms with E-state index in [4.69, 9.17) is 0 Å². The van der Waals surface area contributed by atoms with E-state index < -0.39 is 0 Å². The molecule has 1 aliphatic heterocycles. The maximum atomic E-state index is 4.07. The second-order valence-electron chi connectivity index (χ2n) is 5.57. The summed E-state index contributed by atoms with van der Waals surface area (Å²) in [6.07, 6.45) is 6.25. The van der Waals surface area contributed by atoms with Crippen LogP contribution in [-0.4, -0.2) is 35.1 Å². The summed E-state index contributed by atoms with van der Waals surface area (Å²) in [5.74, 6) is 0. The Morgan fingerprint density at radius 1 is 1.17 bits per heavy atom. The number of hydrogen-bond acceptors (Lipinski definition) is 3. The summed E-state index contributed by atoms with van der Waals surface area (Å²) in [6.45, 7) is 9.25. The van der Waals surface area contributed by atoms with Crippen molar-refractivity contribution in [2.75, 3.05) is 13.1 Å². The Morgan fingerprint density at radius 3 is 2.33 bits per heavy atom. The molecule has 1 N–H and O–H groups in total. The molecule has 100 valence electrons. The fourth-order valence-corrected chi connectivity index (χ4v) is 2.68. The number of nitrogens with zero attached hydrogens (tertiary/aromatic N) is 2. The molecule has 1 unspecified atom stereocenters. The molecular formula is C15H25N3. The molecule has 1 aromatic rings. The highest BCUT2D eigenvalue weighted by atomic mass is 15.2. The van der Waals surface area contributed by atoms with Gasteiger partial charge in [0.15, 0.2) is 0 Å². The summed E-state index contributed by atoms with van der Waals surface area (Å²) >= 11 is 0. The first-order chi connectivity index (χ1) is 8.66. The van der Waals surface area contributed by atoms with E-state index in [2.05, 4.69) is 48.1 Å². The van der Waals surface area contributed by atoms with Crippen LogP contribution in [0.3, 0.4) is 0 Å². The lowest BCUT2D eigenvalue weighted by Crippen LogP contribution is -2.45. The van der Waals surface area contributed by atoms with Gasteiger partial charge in [0.25, 0.3) is 0 Å². The molecule has 2 rings (SSSR count). The van der Waals surface area contributed by atoms with Gasteiger partial charge in [0.05, 0.1) is 0 Å². The van der Waals surface area contributed by atoms with Gasteiger partial charge in [-0.05, 0) is 64.4 Å². The normalized spacial score (nSPS) is 20.2. The topological polar surface area (TPSA) is 28.2 Å². The molecule has 0 bridgehead atoms. The third kappa shape index (κ3) is 3.53. The van der Waals surface area contributed by atoms with Gasteiger partial charge in [-0.3, -0.25) is 4.98 Å². The quantitative estimate of drug-likeness (QED) is 0.886. The van der Waals surface area contributed by atoms with E-state index in [-0.39, 0.29) is 0 Å². The van der Waals surface area contributed by atoms with Crippen molar-refractivity contribution >= 4 is 0 Å². The minimum Gasteiger partial charge on any atom is -0.307 e. The average Bonchev–Trinajstić information content (AvgIpc) is 2.40. The highest BCUT2D eigenvalue weighted by molar-refractivity contribution is 5.14. The number of pyridine rings is 1. The molecule has 0 aromatic carbocycles. The van der Waals surface area contributed by atoms with Crippen molar-refractivity contribution in [3.05, 3.63) is 30.1 Å². The van der Waals surface area contributed by atoms with Crippen molar-refractivity contribution in [1.29, 1.82) is 0 Å². The van der Waals surface area contributed by atoms with Crippen molar-refractivity contribution in [2.45, 2.75) is 51.7 Å². The predicted molar refractivity (Wildman–Crippen MR) is 75.5 cm³/mol. The summed E-state index contributed by atoms with van der Waals surface area (Å²) in [5.41, 5.74) is 1.33. The van der Waals surface area contributed by atoms with E-state index in [1.54, 1.807) is 0 Å². The molecule has 1 saturated heterocycles.